The van der Waals surface area contributed by atoms with Gasteiger partial charge in [0.15, 0.2) is 0 Å². The Morgan fingerprint density at radius 3 is 1.25 bits per heavy atom. The minimum atomic E-state index is 1.05. The third-order valence-electron chi connectivity index (χ3n) is 3.53. The molecule has 0 spiro atoms. The van der Waals surface area contributed by atoms with Crippen LogP contribution in [0.4, 0.5) is 0 Å². The number of hydrogen-bond donors (Lipinski definition) is 0. The molecule has 1 fully saturated rings. The molecular formula is C16H36. The predicted molar refractivity (Wildman–Crippen MR) is 78.0 cm³/mol. The summed E-state index contributed by atoms with van der Waals surface area (Å²) >= 11 is 0. The van der Waals surface area contributed by atoms with E-state index >= 15 is 0 Å². The zero-order valence-electron chi connectivity index (χ0n) is 12.8. The molecule has 0 saturated heterocycles. The molecule has 1 unspecified atom stereocenters. The predicted octanol–water partition coefficient (Wildman–Crippen LogP) is 6.45. The molecule has 0 heteroatoms. The maximum absolute atomic E-state index is 2.36. The minimum absolute atomic E-state index is 1.05. The monoisotopic (exact) mass is 228 g/mol. The lowest BCUT2D eigenvalue weighted by Crippen LogP contribution is -2.21. The lowest BCUT2D eigenvalue weighted by atomic mass is 9.74. The first kappa shape index (κ1) is 18.4. The van der Waals surface area contributed by atoms with Gasteiger partial charge in [0.05, 0.1) is 0 Å². The zero-order valence-corrected chi connectivity index (χ0v) is 12.8. The molecule has 16 heavy (non-hydrogen) atoms. The van der Waals surface area contributed by atoms with E-state index in [-0.39, 0.29) is 0 Å². The van der Waals surface area contributed by atoms with Crippen LogP contribution in [0.25, 0.3) is 0 Å². The Bertz CT molecular complexity index is 101. The molecule has 100 valence electrons. The van der Waals surface area contributed by atoms with E-state index in [1.165, 1.54) is 51.4 Å². The average Bonchev–Trinajstić information content (AvgIpc) is 2.30. The Morgan fingerprint density at radius 1 is 0.750 bits per heavy atom. The Morgan fingerprint density at radius 2 is 1.25 bits per heavy atom. The Hall–Kier alpha value is 0. The van der Waals surface area contributed by atoms with E-state index < -0.39 is 0 Å². The first-order valence-corrected chi connectivity index (χ1v) is 7.67. The summed E-state index contributed by atoms with van der Waals surface area (Å²) in [6.07, 6.45) is 11.1. The summed E-state index contributed by atoms with van der Waals surface area (Å²) in [5, 5.41) is 0. The molecule has 0 aromatic heterocycles. The van der Waals surface area contributed by atoms with E-state index in [9.17, 15) is 0 Å². The van der Waals surface area contributed by atoms with Gasteiger partial charge in [-0.15, -0.1) is 0 Å². The van der Waals surface area contributed by atoms with Gasteiger partial charge in [0.2, 0.25) is 0 Å². The van der Waals surface area contributed by atoms with Crippen molar-refractivity contribution in [2.24, 2.45) is 11.8 Å². The largest absolute Gasteiger partial charge is 0.0654 e. The van der Waals surface area contributed by atoms with E-state index in [1.54, 1.807) is 0 Å². The third-order valence-corrected chi connectivity index (χ3v) is 3.53. The summed E-state index contributed by atoms with van der Waals surface area (Å²) in [6, 6.07) is 0. The fourth-order valence-corrected chi connectivity index (χ4v) is 1.70. The van der Waals surface area contributed by atoms with Crippen LogP contribution in [-0.4, -0.2) is 0 Å². The molecule has 0 aliphatic heterocycles. The van der Waals surface area contributed by atoms with Crippen LogP contribution < -0.4 is 0 Å². The highest BCUT2D eigenvalue weighted by molar-refractivity contribution is 4.75. The van der Waals surface area contributed by atoms with Gasteiger partial charge in [0.1, 0.15) is 0 Å². The van der Waals surface area contributed by atoms with Gasteiger partial charge < -0.3 is 0 Å². The van der Waals surface area contributed by atoms with Crippen LogP contribution >= 0.6 is 0 Å². The summed E-state index contributed by atoms with van der Waals surface area (Å²) < 4.78 is 0. The van der Waals surface area contributed by atoms with Crippen molar-refractivity contribution in [2.45, 2.75) is 92.9 Å². The van der Waals surface area contributed by atoms with Gasteiger partial charge in [-0.3, -0.25) is 0 Å². The summed E-state index contributed by atoms with van der Waals surface area (Å²) in [5.74, 6) is 2.13. The van der Waals surface area contributed by atoms with E-state index in [1.807, 2.05) is 0 Å². The second-order valence-electron chi connectivity index (χ2n) is 5.08. The highest BCUT2D eigenvalue weighted by Crippen LogP contribution is 2.35. The smallest absolute Gasteiger partial charge is 0.0391 e. The molecule has 0 nitrogen and oxygen atoms in total. The summed E-state index contributed by atoms with van der Waals surface area (Å²) in [6.45, 7) is 13.4. The van der Waals surface area contributed by atoms with E-state index in [0.717, 1.165) is 11.8 Å². The van der Waals surface area contributed by atoms with Crippen LogP contribution in [0, 0.1) is 11.8 Å². The molecule has 1 aliphatic rings. The summed E-state index contributed by atoms with van der Waals surface area (Å²) in [7, 11) is 0. The van der Waals surface area contributed by atoms with Gasteiger partial charge in [0, 0.05) is 0 Å². The van der Waals surface area contributed by atoms with Crippen molar-refractivity contribution >= 4 is 0 Å². The molecule has 0 radical (unpaired) electrons. The van der Waals surface area contributed by atoms with Crippen molar-refractivity contribution in [3.63, 3.8) is 0 Å². The molecule has 1 rings (SSSR count). The molecule has 0 bridgehead atoms. The van der Waals surface area contributed by atoms with Gasteiger partial charge >= 0.3 is 0 Å². The van der Waals surface area contributed by atoms with Crippen LogP contribution in [0.3, 0.4) is 0 Å². The second-order valence-corrected chi connectivity index (χ2v) is 5.08. The molecule has 1 aliphatic carbocycles. The first-order chi connectivity index (χ1) is 7.67. The molecule has 0 aromatic rings. The van der Waals surface area contributed by atoms with Gasteiger partial charge in [-0.25, -0.2) is 0 Å². The normalized spacial score (nSPS) is 22.1. The van der Waals surface area contributed by atoms with Gasteiger partial charge in [-0.1, -0.05) is 86.5 Å². The molecular weight excluding hydrogens is 192 g/mol. The van der Waals surface area contributed by atoms with Crippen molar-refractivity contribution in [1.82, 2.24) is 0 Å². The molecule has 0 heterocycles. The third kappa shape index (κ3) is 12.1. The summed E-state index contributed by atoms with van der Waals surface area (Å²) in [5.41, 5.74) is 0. The van der Waals surface area contributed by atoms with E-state index in [2.05, 4.69) is 41.5 Å². The fourth-order valence-electron chi connectivity index (χ4n) is 1.70. The Kier molecular flexibility index (Phi) is 17.2. The number of unbranched alkanes of at least 4 members (excludes halogenated alkanes) is 3. The van der Waals surface area contributed by atoms with Crippen molar-refractivity contribution in [3.05, 3.63) is 0 Å². The molecule has 0 aromatic carbocycles. The van der Waals surface area contributed by atoms with Crippen molar-refractivity contribution in [1.29, 1.82) is 0 Å². The van der Waals surface area contributed by atoms with Crippen molar-refractivity contribution in [2.75, 3.05) is 0 Å². The van der Waals surface area contributed by atoms with Crippen LogP contribution in [0.1, 0.15) is 92.9 Å². The van der Waals surface area contributed by atoms with Crippen LogP contribution in [-0.2, 0) is 0 Å². The minimum Gasteiger partial charge on any atom is -0.0654 e. The summed E-state index contributed by atoms with van der Waals surface area (Å²) in [4.78, 5) is 0. The topological polar surface area (TPSA) is 0 Å². The van der Waals surface area contributed by atoms with Crippen LogP contribution in [0.5, 0.6) is 0 Å². The van der Waals surface area contributed by atoms with Crippen LogP contribution in [0.2, 0.25) is 0 Å². The van der Waals surface area contributed by atoms with Crippen LogP contribution in [0.15, 0.2) is 0 Å². The van der Waals surface area contributed by atoms with E-state index in [4.69, 9.17) is 0 Å². The first-order valence-electron chi connectivity index (χ1n) is 7.67. The van der Waals surface area contributed by atoms with Crippen molar-refractivity contribution < 1.29 is 0 Å². The van der Waals surface area contributed by atoms with Gasteiger partial charge in [0.25, 0.3) is 0 Å². The second kappa shape index (κ2) is 15.0. The zero-order chi connectivity index (χ0) is 12.8. The molecule has 1 saturated carbocycles. The highest BCUT2D eigenvalue weighted by Gasteiger charge is 2.23. The molecule has 0 N–H and O–H groups in total. The lowest BCUT2D eigenvalue weighted by Gasteiger charge is -2.32. The maximum atomic E-state index is 2.36. The number of hydrogen-bond acceptors (Lipinski definition) is 0. The fraction of sp³-hybridized carbons (Fsp3) is 1.00. The SMILES string of the molecule is CCC1CC[C@H]1C.CCCC.CCCCC. The number of rotatable bonds is 4. The highest BCUT2D eigenvalue weighted by atomic mass is 14.3. The Labute approximate surface area is 105 Å². The van der Waals surface area contributed by atoms with Gasteiger partial charge in [-0.2, -0.15) is 0 Å². The maximum Gasteiger partial charge on any atom is -0.0391 e. The molecule has 2 atom stereocenters. The van der Waals surface area contributed by atoms with Crippen molar-refractivity contribution in [3.8, 4) is 0 Å². The van der Waals surface area contributed by atoms with Gasteiger partial charge in [-0.05, 0) is 18.3 Å². The average molecular weight is 228 g/mol. The Balaban J connectivity index is 0. The van der Waals surface area contributed by atoms with E-state index in [0.29, 0.717) is 0 Å². The quantitative estimate of drug-likeness (QED) is 0.519. The standard InChI is InChI=1S/C7H14.C5H12.C4H10/c1-3-7-5-4-6(7)2;1-3-5-4-2;1-3-4-2/h6-7H,3-5H2,1-2H3;3-5H2,1-2H3;3-4H2,1-2H3/t6-,7?;;/m1../s1. The lowest BCUT2D eigenvalue weighted by molar-refractivity contribution is 0.190. The molecule has 0 amide bonds.